The Hall–Kier alpha value is -1.04. The quantitative estimate of drug-likeness (QED) is 0.703. The Morgan fingerprint density at radius 1 is 1.10 bits per heavy atom. The zero-order valence-electron chi connectivity index (χ0n) is 13.1. The molecule has 1 atom stereocenters. The van der Waals surface area contributed by atoms with Crippen LogP contribution in [0, 0.1) is 5.92 Å². The van der Waals surface area contributed by atoms with Gasteiger partial charge >= 0.3 is 6.01 Å². The van der Waals surface area contributed by atoms with E-state index in [-0.39, 0.29) is 0 Å². The van der Waals surface area contributed by atoms with Gasteiger partial charge in [0.15, 0.2) is 5.16 Å². The molecule has 0 saturated heterocycles. The maximum Gasteiger partial charge on any atom is 0.322 e. The number of rotatable bonds is 9. The molecule has 0 radical (unpaired) electrons. The average Bonchev–Trinajstić information content (AvgIpc) is 2.42. The molecule has 1 aromatic heterocycles. The molecule has 1 heterocycles. The SMILES string of the molecule is CCCNc1nc(OCCC)nc(SC(C)C(C)C)n1. The first-order valence-corrected chi connectivity index (χ1v) is 8.24. The predicted molar refractivity (Wildman–Crippen MR) is 84.6 cm³/mol. The standard InChI is InChI=1S/C14H26N4OS/c1-6-8-15-12-16-13(19-9-7-2)18-14(17-12)20-11(5)10(3)4/h10-11H,6-9H2,1-5H3,(H,15,16,17,18). The van der Waals surface area contributed by atoms with E-state index >= 15 is 0 Å². The number of hydrogen-bond donors (Lipinski definition) is 1. The van der Waals surface area contributed by atoms with E-state index < -0.39 is 0 Å². The Morgan fingerprint density at radius 2 is 1.85 bits per heavy atom. The van der Waals surface area contributed by atoms with Crippen molar-refractivity contribution in [3.63, 3.8) is 0 Å². The van der Waals surface area contributed by atoms with Crippen molar-refractivity contribution in [3.8, 4) is 6.01 Å². The number of nitrogens with zero attached hydrogens (tertiary/aromatic N) is 3. The van der Waals surface area contributed by atoms with E-state index in [4.69, 9.17) is 4.74 Å². The van der Waals surface area contributed by atoms with E-state index in [0.717, 1.165) is 24.5 Å². The van der Waals surface area contributed by atoms with Crippen LogP contribution in [0.1, 0.15) is 47.5 Å². The fraction of sp³-hybridized carbons (Fsp3) is 0.786. The van der Waals surface area contributed by atoms with Gasteiger partial charge in [0.1, 0.15) is 0 Å². The monoisotopic (exact) mass is 298 g/mol. The third-order valence-electron chi connectivity index (χ3n) is 2.79. The summed E-state index contributed by atoms with van der Waals surface area (Å²) < 4.78 is 5.54. The molecule has 0 aliphatic rings. The molecule has 0 amide bonds. The minimum absolute atomic E-state index is 0.416. The zero-order chi connectivity index (χ0) is 15.0. The van der Waals surface area contributed by atoms with Gasteiger partial charge in [-0.15, -0.1) is 0 Å². The lowest BCUT2D eigenvalue weighted by atomic mass is 10.2. The van der Waals surface area contributed by atoms with Crippen LogP contribution in [-0.4, -0.2) is 33.4 Å². The number of anilines is 1. The molecule has 0 bridgehead atoms. The molecule has 1 unspecified atom stereocenters. The minimum atomic E-state index is 0.416. The van der Waals surface area contributed by atoms with E-state index in [9.17, 15) is 0 Å². The van der Waals surface area contributed by atoms with Gasteiger partial charge in [0.2, 0.25) is 5.95 Å². The van der Waals surface area contributed by atoms with Gasteiger partial charge < -0.3 is 10.1 Å². The van der Waals surface area contributed by atoms with Crippen molar-refractivity contribution < 1.29 is 4.74 Å². The fourth-order valence-corrected chi connectivity index (χ4v) is 2.14. The van der Waals surface area contributed by atoms with Crippen molar-refractivity contribution in [1.82, 2.24) is 15.0 Å². The van der Waals surface area contributed by atoms with Crippen molar-refractivity contribution >= 4 is 17.7 Å². The van der Waals surface area contributed by atoms with Gasteiger partial charge in [-0.25, -0.2) is 0 Å². The molecule has 1 aromatic rings. The van der Waals surface area contributed by atoms with Crippen molar-refractivity contribution in [2.45, 2.75) is 57.9 Å². The summed E-state index contributed by atoms with van der Waals surface area (Å²) in [6, 6.07) is 0.416. The predicted octanol–water partition coefficient (Wildman–Crippen LogP) is 3.62. The highest BCUT2D eigenvalue weighted by molar-refractivity contribution is 7.99. The van der Waals surface area contributed by atoms with E-state index in [1.165, 1.54) is 0 Å². The first-order valence-electron chi connectivity index (χ1n) is 7.36. The average molecular weight is 298 g/mol. The fourth-order valence-electron chi connectivity index (χ4n) is 1.27. The molecular formula is C14H26N4OS. The number of nitrogens with one attached hydrogen (secondary N) is 1. The van der Waals surface area contributed by atoms with E-state index in [0.29, 0.717) is 29.7 Å². The van der Waals surface area contributed by atoms with Crippen LogP contribution in [0.5, 0.6) is 6.01 Å². The van der Waals surface area contributed by atoms with Crippen LogP contribution < -0.4 is 10.1 Å². The summed E-state index contributed by atoms with van der Waals surface area (Å²) in [6.07, 6.45) is 1.97. The molecule has 0 saturated carbocycles. The molecule has 114 valence electrons. The van der Waals surface area contributed by atoms with E-state index in [2.05, 4.69) is 54.9 Å². The maximum absolute atomic E-state index is 5.54. The lowest BCUT2D eigenvalue weighted by Gasteiger charge is -2.14. The summed E-state index contributed by atoms with van der Waals surface area (Å²) in [5.41, 5.74) is 0. The summed E-state index contributed by atoms with van der Waals surface area (Å²) in [5, 5.41) is 4.38. The van der Waals surface area contributed by atoms with Crippen LogP contribution in [0.2, 0.25) is 0 Å². The van der Waals surface area contributed by atoms with Crippen molar-refractivity contribution in [2.75, 3.05) is 18.5 Å². The van der Waals surface area contributed by atoms with Gasteiger partial charge in [-0.1, -0.05) is 46.4 Å². The topological polar surface area (TPSA) is 59.9 Å². The molecule has 0 fully saturated rings. The summed E-state index contributed by atoms with van der Waals surface area (Å²) in [4.78, 5) is 13.1. The zero-order valence-corrected chi connectivity index (χ0v) is 14.0. The maximum atomic E-state index is 5.54. The number of aromatic nitrogens is 3. The van der Waals surface area contributed by atoms with Crippen LogP contribution >= 0.6 is 11.8 Å². The molecule has 0 aliphatic heterocycles. The summed E-state index contributed by atoms with van der Waals surface area (Å²) in [7, 11) is 0. The van der Waals surface area contributed by atoms with E-state index in [1.807, 2.05) is 0 Å². The van der Waals surface area contributed by atoms with Gasteiger partial charge in [-0.3, -0.25) is 0 Å². The second-order valence-electron chi connectivity index (χ2n) is 5.07. The second-order valence-corrected chi connectivity index (χ2v) is 6.41. The summed E-state index contributed by atoms with van der Waals surface area (Å²) in [5.74, 6) is 1.18. The first kappa shape index (κ1) is 17.0. The summed E-state index contributed by atoms with van der Waals surface area (Å²) >= 11 is 1.66. The van der Waals surface area contributed by atoms with Gasteiger partial charge in [-0.05, 0) is 18.8 Å². The molecule has 6 heteroatoms. The normalized spacial score (nSPS) is 12.5. The van der Waals surface area contributed by atoms with E-state index in [1.54, 1.807) is 11.8 Å². The molecule has 0 aromatic carbocycles. The lowest BCUT2D eigenvalue weighted by molar-refractivity contribution is 0.288. The van der Waals surface area contributed by atoms with Gasteiger partial charge in [0, 0.05) is 11.8 Å². The Kier molecular flexibility index (Phi) is 7.65. The van der Waals surface area contributed by atoms with Crippen LogP contribution in [-0.2, 0) is 0 Å². The van der Waals surface area contributed by atoms with Crippen LogP contribution in [0.15, 0.2) is 5.16 Å². The molecule has 1 N–H and O–H groups in total. The van der Waals surface area contributed by atoms with Gasteiger partial charge in [0.05, 0.1) is 6.61 Å². The third-order valence-corrected chi connectivity index (χ3v) is 4.10. The lowest BCUT2D eigenvalue weighted by Crippen LogP contribution is -2.11. The Bertz CT molecular complexity index is 375. The Morgan fingerprint density at radius 3 is 2.45 bits per heavy atom. The number of ether oxygens (including phenoxy) is 1. The highest BCUT2D eigenvalue weighted by Gasteiger charge is 2.14. The van der Waals surface area contributed by atoms with Gasteiger partial charge in [-0.2, -0.15) is 15.0 Å². The molecular weight excluding hydrogens is 272 g/mol. The van der Waals surface area contributed by atoms with Crippen LogP contribution in [0.25, 0.3) is 0 Å². The highest BCUT2D eigenvalue weighted by Crippen LogP contribution is 2.26. The largest absolute Gasteiger partial charge is 0.463 e. The third kappa shape index (κ3) is 5.94. The number of hydrogen-bond acceptors (Lipinski definition) is 6. The molecule has 5 nitrogen and oxygen atoms in total. The highest BCUT2D eigenvalue weighted by atomic mass is 32.2. The smallest absolute Gasteiger partial charge is 0.322 e. The molecule has 20 heavy (non-hydrogen) atoms. The van der Waals surface area contributed by atoms with Crippen LogP contribution in [0.4, 0.5) is 5.95 Å². The minimum Gasteiger partial charge on any atom is -0.463 e. The molecule has 0 aliphatic carbocycles. The Labute approximate surface area is 126 Å². The number of thioether (sulfide) groups is 1. The second kappa shape index (κ2) is 9.00. The van der Waals surface area contributed by atoms with Crippen molar-refractivity contribution in [3.05, 3.63) is 0 Å². The Balaban J connectivity index is 2.84. The van der Waals surface area contributed by atoms with Crippen molar-refractivity contribution in [1.29, 1.82) is 0 Å². The molecule has 1 rings (SSSR count). The van der Waals surface area contributed by atoms with Gasteiger partial charge in [0.25, 0.3) is 0 Å². The first-order chi connectivity index (χ1) is 9.56. The molecule has 0 spiro atoms. The summed E-state index contributed by atoms with van der Waals surface area (Å²) in [6.45, 7) is 12.2. The van der Waals surface area contributed by atoms with Crippen molar-refractivity contribution in [2.24, 2.45) is 5.92 Å². The van der Waals surface area contributed by atoms with Crippen LogP contribution in [0.3, 0.4) is 0 Å².